The number of aliphatic hydroxyl groups excluding tert-OH is 1. The first kappa shape index (κ1) is 11.1. The van der Waals surface area contributed by atoms with Gasteiger partial charge in [0.25, 0.3) is 0 Å². The van der Waals surface area contributed by atoms with Gasteiger partial charge >= 0.3 is 5.69 Å². The number of nitrogens with zero attached hydrogens (tertiary/aromatic N) is 2. The van der Waals surface area contributed by atoms with Crippen LogP contribution in [0.15, 0.2) is 17.1 Å². The van der Waals surface area contributed by atoms with Crippen LogP contribution in [0.2, 0.25) is 0 Å². The molecule has 3 N–H and O–H groups in total. The largest absolute Gasteiger partial charge is 0.394 e. The van der Waals surface area contributed by atoms with Crippen LogP contribution in [0.25, 0.3) is 0 Å². The maximum Gasteiger partial charge on any atom is 0.351 e. The van der Waals surface area contributed by atoms with E-state index in [1.165, 1.54) is 4.57 Å². The maximum atomic E-state index is 11.6. The van der Waals surface area contributed by atoms with Crippen LogP contribution >= 0.6 is 0 Å². The highest BCUT2D eigenvalue weighted by molar-refractivity contribution is 5.23. The molecule has 0 radical (unpaired) electrons. The van der Waals surface area contributed by atoms with Gasteiger partial charge in [-0.15, -0.1) is 0 Å². The summed E-state index contributed by atoms with van der Waals surface area (Å²) >= 11 is 0. The molecule has 1 aliphatic heterocycles. The lowest BCUT2D eigenvalue weighted by atomic mass is 10.1. The lowest BCUT2D eigenvalue weighted by molar-refractivity contribution is -0.108. The molecular weight excluding hydrogens is 210 g/mol. The molecule has 0 aromatic carbocycles. The molecule has 6 heteroatoms. The fourth-order valence-electron chi connectivity index (χ4n) is 1.86. The van der Waals surface area contributed by atoms with Gasteiger partial charge < -0.3 is 15.6 Å². The Balaban J connectivity index is 2.20. The van der Waals surface area contributed by atoms with Crippen molar-refractivity contribution in [3.63, 3.8) is 0 Å². The first-order valence-corrected chi connectivity index (χ1v) is 5.31. The molecule has 2 rings (SSSR count). The molecule has 88 valence electrons. The zero-order valence-corrected chi connectivity index (χ0v) is 8.87. The third-order valence-electron chi connectivity index (χ3n) is 2.69. The topological polar surface area (TPSA) is 90.4 Å². The maximum absolute atomic E-state index is 11.6. The number of hydrogen-bond donors (Lipinski definition) is 2. The van der Waals surface area contributed by atoms with Crippen molar-refractivity contribution in [2.24, 2.45) is 0 Å². The predicted octanol–water partition coefficient (Wildman–Crippen LogP) is -0.115. The number of nitrogen functional groups attached to an aromatic ring is 1. The molecule has 1 aliphatic rings. The standard InChI is InChI=1S/C10H15N3O3/c11-8-4-5-13(10(15)12-8)9-3-1-2-7(6-14)16-9/h4-5,7,9,14H,1-3,6H2,(H2,11,12,15)/t7-,9+/m0/s1. The molecular formula is C10H15N3O3. The van der Waals surface area contributed by atoms with Crippen molar-refractivity contribution < 1.29 is 9.84 Å². The van der Waals surface area contributed by atoms with Crippen LogP contribution in [0, 0.1) is 0 Å². The minimum Gasteiger partial charge on any atom is -0.394 e. The molecule has 1 aromatic heterocycles. The second kappa shape index (κ2) is 4.63. The number of nitrogens with two attached hydrogens (primary N) is 1. The zero-order valence-electron chi connectivity index (χ0n) is 8.87. The summed E-state index contributed by atoms with van der Waals surface area (Å²) in [6.07, 6.45) is 3.54. The molecule has 0 spiro atoms. The van der Waals surface area contributed by atoms with Gasteiger partial charge in [0.1, 0.15) is 12.0 Å². The Morgan fingerprint density at radius 2 is 2.44 bits per heavy atom. The zero-order chi connectivity index (χ0) is 11.5. The second-order valence-corrected chi connectivity index (χ2v) is 3.87. The number of aromatic nitrogens is 2. The van der Waals surface area contributed by atoms with E-state index in [4.69, 9.17) is 15.6 Å². The van der Waals surface area contributed by atoms with E-state index in [-0.39, 0.29) is 24.8 Å². The Labute approximate surface area is 92.7 Å². The fourth-order valence-corrected chi connectivity index (χ4v) is 1.86. The third kappa shape index (κ3) is 2.23. The first-order chi connectivity index (χ1) is 7.70. The van der Waals surface area contributed by atoms with Gasteiger partial charge in [0, 0.05) is 6.20 Å². The van der Waals surface area contributed by atoms with E-state index in [1.807, 2.05) is 0 Å². The molecule has 1 aromatic rings. The average molecular weight is 225 g/mol. The first-order valence-electron chi connectivity index (χ1n) is 5.31. The van der Waals surface area contributed by atoms with Crippen LogP contribution in [0.3, 0.4) is 0 Å². The van der Waals surface area contributed by atoms with Crippen LogP contribution in [0.4, 0.5) is 5.82 Å². The highest BCUT2D eigenvalue weighted by Crippen LogP contribution is 2.25. The minimum absolute atomic E-state index is 0.0202. The van der Waals surface area contributed by atoms with Crippen molar-refractivity contribution in [2.75, 3.05) is 12.3 Å². The molecule has 1 fully saturated rings. The van der Waals surface area contributed by atoms with Gasteiger partial charge in [-0.3, -0.25) is 4.57 Å². The lowest BCUT2D eigenvalue weighted by Gasteiger charge is -2.29. The summed E-state index contributed by atoms with van der Waals surface area (Å²) in [5.41, 5.74) is 4.99. The summed E-state index contributed by atoms with van der Waals surface area (Å²) < 4.78 is 6.99. The van der Waals surface area contributed by atoms with Crippen molar-refractivity contribution in [1.29, 1.82) is 0 Å². The summed E-state index contributed by atoms with van der Waals surface area (Å²) in [4.78, 5) is 15.2. The summed E-state index contributed by atoms with van der Waals surface area (Å²) in [5.74, 6) is 0.204. The van der Waals surface area contributed by atoms with Gasteiger partial charge in [0.2, 0.25) is 0 Å². The molecule has 0 amide bonds. The van der Waals surface area contributed by atoms with Gasteiger partial charge in [-0.2, -0.15) is 4.98 Å². The molecule has 1 saturated heterocycles. The summed E-state index contributed by atoms with van der Waals surface area (Å²) in [6.45, 7) is -0.0202. The highest BCUT2D eigenvalue weighted by atomic mass is 16.5. The number of aliphatic hydroxyl groups is 1. The summed E-state index contributed by atoms with van der Waals surface area (Å²) in [7, 11) is 0. The molecule has 0 aliphatic carbocycles. The molecule has 0 unspecified atom stereocenters. The number of anilines is 1. The fraction of sp³-hybridized carbons (Fsp3) is 0.600. The van der Waals surface area contributed by atoms with E-state index in [0.29, 0.717) is 0 Å². The van der Waals surface area contributed by atoms with Gasteiger partial charge in [0.15, 0.2) is 0 Å². The molecule has 2 heterocycles. The van der Waals surface area contributed by atoms with E-state index in [1.54, 1.807) is 12.3 Å². The number of ether oxygens (including phenoxy) is 1. The van der Waals surface area contributed by atoms with Crippen LogP contribution < -0.4 is 11.4 Å². The lowest BCUT2D eigenvalue weighted by Crippen LogP contribution is -2.34. The Kier molecular flexibility index (Phi) is 3.21. The monoisotopic (exact) mass is 225 g/mol. The highest BCUT2D eigenvalue weighted by Gasteiger charge is 2.23. The van der Waals surface area contributed by atoms with Crippen molar-refractivity contribution >= 4 is 5.82 Å². The summed E-state index contributed by atoms with van der Waals surface area (Å²) in [6, 6.07) is 1.56. The van der Waals surface area contributed by atoms with Crippen molar-refractivity contribution in [2.45, 2.75) is 31.6 Å². The molecule has 16 heavy (non-hydrogen) atoms. The third-order valence-corrected chi connectivity index (χ3v) is 2.69. The predicted molar refractivity (Wildman–Crippen MR) is 57.8 cm³/mol. The smallest absolute Gasteiger partial charge is 0.351 e. The molecule has 0 bridgehead atoms. The van der Waals surface area contributed by atoms with E-state index in [0.717, 1.165) is 19.3 Å². The Morgan fingerprint density at radius 3 is 3.12 bits per heavy atom. The Morgan fingerprint density at radius 1 is 1.62 bits per heavy atom. The molecule has 6 nitrogen and oxygen atoms in total. The molecule has 2 atom stereocenters. The van der Waals surface area contributed by atoms with E-state index >= 15 is 0 Å². The van der Waals surface area contributed by atoms with Crippen molar-refractivity contribution in [1.82, 2.24) is 9.55 Å². The number of hydrogen-bond acceptors (Lipinski definition) is 5. The minimum atomic E-state index is -0.413. The average Bonchev–Trinajstić information content (AvgIpc) is 2.29. The Hall–Kier alpha value is -1.40. The molecule has 0 saturated carbocycles. The van der Waals surface area contributed by atoms with Crippen molar-refractivity contribution in [3.05, 3.63) is 22.7 Å². The normalized spacial score (nSPS) is 25.6. The van der Waals surface area contributed by atoms with Crippen molar-refractivity contribution in [3.8, 4) is 0 Å². The van der Waals surface area contributed by atoms with Crippen LogP contribution in [-0.2, 0) is 4.74 Å². The van der Waals surface area contributed by atoms with E-state index in [9.17, 15) is 4.79 Å². The summed E-state index contributed by atoms with van der Waals surface area (Å²) in [5, 5.41) is 9.02. The van der Waals surface area contributed by atoms with Crippen LogP contribution in [-0.4, -0.2) is 27.4 Å². The van der Waals surface area contributed by atoms with Crippen LogP contribution in [0.1, 0.15) is 25.5 Å². The van der Waals surface area contributed by atoms with Gasteiger partial charge in [0.05, 0.1) is 12.7 Å². The van der Waals surface area contributed by atoms with E-state index < -0.39 is 5.69 Å². The number of rotatable bonds is 2. The van der Waals surface area contributed by atoms with E-state index in [2.05, 4.69) is 4.98 Å². The SMILES string of the molecule is Nc1ccn([C@H]2CCC[C@@H](CO)O2)c(=O)n1. The van der Waals surface area contributed by atoms with Gasteiger partial charge in [-0.1, -0.05) is 0 Å². The Bertz CT molecular complexity index is 418. The van der Waals surface area contributed by atoms with Crippen LogP contribution in [0.5, 0.6) is 0 Å². The van der Waals surface area contributed by atoms with Gasteiger partial charge in [-0.05, 0) is 25.3 Å². The second-order valence-electron chi connectivity index (χ2n) is 3.87. The van der Waals surface area contributed by atoms with Gasteiger partial charge in [-0.25, -0.2) is 4.79 Å². The quantitative estimate of drug-likeness (QED) is 0.732.